The number of ether oxygens (including phenoxy) is 3. The summed E-state index contributed by atoms with van der Waals surface area (Å²) in [7, 11) is 0. The standard InChI is InChI=1S/C20H26O8/c1-16(2,24)18(25)12(21)13-20(28-13)17(3)5-4-8-9(7-26-14(8)22)10(17)6-11-19(20,27-11)15(18)23/h10-13,15,21,23-25H,4-7H2,1-3H3/t10-,11-,12+,13-,15-,17-,18-,19-,20+/m0/s1. The van der Waals surface area contributed by atoms with Crippen LogP contribution in [-0.4, -0.2) is 79.8 Å². The largest absolute Gasteiger partial charge is 0.458 e. The zero-order valence-corrected chi connectivity index (χ0v) is 16.1. The first-order chi connectivity index (χ1) is 13.0. The number of hydrogen-bond acceptors (Lipinski definition) is 8. The van der Waals surface area contributed by atoms with Crippen molar-refractivity contribution in [3.63, 3.8) is 0 Å². The van der Waals surface area contributed by atoms with Crippen molar-refractivity contribution in [2.45, 2.75) is 86.9 Å². The van der Waals surface area contributed by atoms with Crippen LogP contribution in [0.15, 0.2) is 11.1 Å². The van der Waals surface area contributed by atoms with Crippen LogP contribution in [0.5, 0.6) is 0 Å². The lowest BCUT2D eigenvalue weighted by atomic mass is 9.45. The average molecular weight is 394 g/mol. The van der Waals surface area contributed by atoms with Crippen molar-refractivity contribution < 1.29 is 39.4 Å². The van der Waals surface area contributed by atoms with Gasteiger partial charge in [-0.15, -0.1) is 0 Å². The molecule has 3 aliphatic heterocycles. The van der Waals surface area contributed by atoms with Crippen molar-refractivity contribution >= 4 is 5.97 Å². The predicted octanol–water partition coefficient (Wildman–Crippen LogP) is -0.828. The van der Waals surface area contributed by atoms with Gasteiger partial charge in [0.1, 0.15) is 36.1 Å². The third kappa shape index (κ3) is 1.46. The number of carbonyl (C=O) groups excluding carboxylic acids is 1. The van der Waals surface area contributed by atoms with Crippen molar-refractivity contribution in [1.29, 1.82) is 0 Å². The van der Waals surface area contributed by atoms with Gasteiger partial charge in [-0.2, -0.15) is 0 Å². The van der Waals surface area contributed by atoms with Gasteiger partial charge in [0.05, 0.1) is 11.7 Å². The monoisotopic (exact) mass is 394 g/mol. The molecule has 0 amide bonds. The molecule has 2 saturated carbocycles. The molecule has 0 radical (unpaired) electrons. The van der Waals surface area contributed by atoms with E-state index in [4.69, 9.17) is 14.2 Å². The highest BCUT2D eigenvalue weighted by Crippen LogP contribution is 2.79. The zero-order chi connectivity index (χ0) is 20.1. The maximum atomic E-state index is 12.1. The van der Waals surface area contributed by atoms with E-state index in [0.717, 1.165) is 11.1 Å². The molecule has 6 aliphatic rings. The van der Waals surface area contributed by atoms with E-state index in [2.05, 4.69) is 6.92 Å². The van der Waals surface area contributed by atoms with Gasteiger partial charge in [-0.05, 0) is 44.6 Å². The molecule has 2 saturated heterocycles. The second-order valence-corrected chi connectivity index (χ2v) is 10.2. The molecule has 3 aliphatic carbocycles. The van der Waals surface area contributed by atoms with Crippen LogP contribution in [0, 0.1) is 11.3 Å². The Morgan fingerprint density at radius 1 is 1.21 bits per heavy atom. The molecule has 0 aromatic heterocycles. The van der Waals surface area contributed by atoms with Gasteiger partial charge in [-0.1, -0.05) is 6.92 Å². The van der Waals surface area contributed by atoms with Gasteiger partial charge >= 0.3 is 5.97 Å². The Balaban J connectivity index is 1.50. The molecule has 0 bridgehead atoms. The molecular weight excluding hydrogens is 368 g/mol. The van der Waals surface area contributed by atoms with Crippen LogP contribution >= 0.6 is 0 Å². The van der Waals surface area contributed by atoms with Gasteiger partial charge in [0.2, 0.25) is 0 Å². The van der Waals surface area contributed by atoms with E-state index in [1.807, 2.05) is 0 Å². The summed E-state index contributed by atoms with van der Waals surface area (Å²) in [6.07, 6.45) is -2.33. The highest BCUT2D eigenvalue weighted by Gasteiger charge is 2.97. The maximum absolute atomic E-state index is 12.1. The number of esters is 1. The van der Waals surface area contributed by atoms with E-state index in [-0.39, 0.29) is 24.6 Å². The first kappa shape index (κ1) is 17.8. The molecule has 3 heterocycles. The van der Waals surface area contributed by atoms with Crippen LogP contribution in [0.25, 0.3) is 0 Å². The molecule has 2 spiro atoms. The van der Waals surface area contributed by atoms with Crippen LogP contribution < -0.4 is 0 Å². The average Bonchev–Trinajstić information content (AvgIpc) is 3.50. The quantitative estimate of drug-likeness (QED) is 0.335. The molecule has 4 fully saturated rings. The Bertz CT molecular complexity index is 846. The Hall–Kier alpha value is -1.03. The van der Waals surface area contributed by atoms with Crippen molar-refractivity contribution in [3.05, 3.63) is 11.1 Å². The lowest BCUT2D eigenvalue weighted by Crippen LogP contribution is -2.79. The van der Waals surface area contributed by atoms with E-state index in [9.17, 15) is 25.2 Å². The number of fused-ring (bicyclic) bond motifs is 2. The Morgan fingerprint density at radius 3 is 2.61 bits per heavy atom. The first-order valence-corrected chi connectivity index (χ1v) is 10.0. The maximum Gasteiger partial charge on any atom is 0.334 e. The molecule has 8 nitrogen and oxygen atoms in total. The molecule has 0 unspecified atom stereocenters. The number of aliphatic hydroxyl groups excluding tert-OH is 2. The van der Waals surface area contributed by atoms with E-state index >= 15 is 0 Å². The third-order valence-corrected chi connectivity index (χ3v) is 8.91. The number of rotatable bonds is 1. The lowest BCUT2D eigenvalue weighted by Gasteiger charge is -2.57. The van der Waals surface area contributed by atoms with Gasteiger partial charge in [-0.3, -0.25) is 0 Å². The number of cyclic esters (lactones) is 1. The summed E-state index contributed by atoms with van der Waals surface area (Å²) in [5, 5.41) is 44.2. The lowest BCUT2D eigenvalue weighted by molar-refractivity contribution is -0.268. The molecule has 6 rings (SSSR count). The highest BCUT2D eigenvalue weighted by atomic mass is 16.7. The minimum absolute atomic E-state index is 0.0129. The number of hydrogen-bond donors (Lipinski definition) is 4. The van der Waals surface area contributed by atoms with E-state index in [0.29, 0.717) is 19.3 Å². The zero-order valence-electron chi connectivity index (χ0n) is 16.1. The van der Waals surface area contributed by atoms with Crippen LogP contribution in [0.1, 0.15) is 40.0 Å². The molecule has 4 N–H and O–H groups in total. The summed E-state index contributed by atoms with van der Waals surface area (Å²) in [5.74, 6) is -0.266. The minimum Gasteiger partial charge on any atom is -0.458 e. The second-order valence-electron chi connectivity index (χ2n) is 10.2. The molecule has 28 heavy (non-hydrogen) atoms. The fourth-order valence-corrected chi connectivity index (χ4v) is 7.31. The molecule has 0 aromatic rings. The number of epoxide rings is 2. The van der Waals surface area contributed by atoms with Crippen molar-refractivity contribution in [2.75, 3.05) is 6.61 Å². The summed E-state index contributed by atoms with van der Waals surface area (Å²) < 4.78 is 17.6. The summed E-state index contributed by atoms with van der Waals surface area (Å²) >= 11 is 0. The third-order valence-electron chi connectivity index (χ3n) is 8.91. The smallest absolute Gasteiger partial charge is 0.334 e. The predicted molar refractivity (Wildman–Crippen MR) is 91.9 cm³/mol. The van der Waals surface area contributed by atoms with E-state index in [1.165, 1.54) is 13.8 Å². The Kier molecular flexibility index (Phi) is 2.86. The van der Waals surface area contributed by atoms with E-state index in [1.54, 1.807) is 0 Å². The minimum atomic E-state index is -2.18. The molecule has 154 valence electrons. The molecule has 0 aromatic carbocycles. The Morgan fingerprint density at radius 2 is 1.93 bits per heavy atom. The van der Waals surface area contributed by atoms with Gasteiger partial charge in [0.25, 0.3) is 0 Å². The molecule has 9 atom stereocenters. The van der Waals surface area contributed by atoms with Crippen molar-refractivity contribution in [1.82, 2.24) is 0 Å². The van der Waals surface area contributed by atoms with Crippen LogP contribution in [0.4, 0.5) is 0 Å². The second kappa shape index (κ2) is 4.50. The van der Waals surface area contributed by atoms with E-state index < -0.39 is 46.1 Å². The normalized spacial score (nSPS) is 58.8. The van der Waals surface area contributed by atoms with Crippen LogP contribution in [0.2, 0.25) is 0 Å². The number of carbonyl (C=O) groups is 1. The van der Waals surface area contributed by atoms with Crippen LogP contribution in [-0.2, 0) is 19.0 Å². The topological polar surface area (TPSA) is 132 Å². The first-order valence-electron chi connectivity index (χ1n) is 10.0. The number of aliphatic hydroxyl groups is 4. The highest BCUT2D eigenvalue weighted by molar-refractivity contribution is 5.92. The van der Waals surface area contributed by atoms with Crippen LogP contribution in [0.3, 0.4) is 0 Å². The summed E-state index contributed by atoms with van der Waals surface area (Å²) in [6.45, 7) is 5.08. The van der Waals surface area contributed by atoms with Crippen molar-refractivity contribution in [2.24, 2.45) is 11.3 Å². The molecular formula is C20H26O8. The van der Waals surface area contributed by atoms with Gasteiger partial charge in [0.15, 0.2) is 5.60 Å². The summed E-state index contributed by atoms with van der Waals surface area (Å²) in [5.41, 5.74) is -4.83. The van der Waals surface area contributed by atoms with Gasteiger partial charge in [0, 0.05) is 11.0 Å². The molecule has 8 heteroatoms. The van der Waals surface area contributed by atoms with Gasteiger partial charge in [-0.25, -0.2) is 4.79 Å². The fourth-order valence-electron chi connectivity index (χ4n) is 7.31. The Labute approximate surface area is 162 Å². The summed E-state index contributed by atoms with van der Waals surface area (Å²) in [4.78, 5) is 12.1. The summed E-state index contributed by atoms with van der Waals surface area (Å²) in [6, 6.07) is 0. The van der Waals surface area contributed by atoms with Gasteiger partial charge < -0.3 is 34.6 Å². The SMILES string of the molecule is CC(C)(O)[C@]1(O)[C@H](O)[C@@H]2O[C@]23[C@@]2(O[C@H]2C[C@H]2C4=C(CC[C@@]23C)C(=O)OC4)[C@H]1O. The van der Waals surface area contributed by atoms with Crippen molar-refractivity contribution in [3.8, 4) is 0 Å². The fraction of sp³-hybridized carbons (Fsp3) is 0.850.